The van der Waals surface area contributed by atoms with Gasteiger partial charge >= 0.3 is 5.97 Å². The van der Waals surface area contributed by atoms with Gasteiger partial charge in [-0.3, -0.25) is 0 Å². The standard InChI is InChI=1S/C17H18N2O4S/c20-17(21)16-9-6-14(12-18-16)13-4-7-15(8-5-13)24(22,23)19-10-2-1-3-11-19/h4-9,12H,1-3,10-11H2,(H,20,21). The molecule has 1 aromatic carbocycles. The average molecular weight is 346 g/mol. The molecule has 0 aliphatic carbocycles. The summed E-state index contributed by atoms with van der Waals surface area (Å²) in [4.78, 5) is 15.0. The van der Waals surface area contributed by atoms with Gasteiger partial charge in [-0.05, 0) is 36.6 Å². The van der Waals surface area contributed by atoms with Gasteiger partial charge in [0, 0.05) is 24.8 Å². The Morgan fingerprint density at radius 2 is 1.58 bits per heavy atom. The lowest BCUT2D eigenvalue weighted by atomic mass is 10.1. The Bertz CT molecular complexity index is 824. The zero-order chi connectivity index (χ0) is 17.2. The molecule has 1 aliphatic heterocycles. The van der Waals surface area contributed by atoms with Crippen LogP contribution in [0.3, 0.4) is 0 Å². The third-order valence-corrected chi connectivity index (χ3v) is 6.04. The number of hydrogen-bond acceptors (Lipinski definition) is 4. The third-order valence-electron chi connectivity index (χ3n) is 4.12. The van der Waals surface area contributed by atoms with E-state index in [4.69, 9.17) is 5.11 Å². The highest BCUT2D eigenvalue weighted by Crippen LogP contribution is 2.24. The Morgan fingerprint density at radius 1 is 0.958 bits per heavy atom. The molecule has 0 atom stereocenters. The molecule has 1 N–H and O–H groups in total. The predicted octanol–water partition coefficient (Wildman–Crippen LogP) is 2.62. The van der Waals surface area contributed by atoms with Crippen LogP contribution in [-0.4, -0.2) is 41.9 Å². The number of nitrogens with zero attached hydrogens (tertiary/aromatic N) is 2. The number of carboxylic acid groups (broad SMARTS) is 1. The van der Waals surface area contributed by atoms with Crippen molar-refractivity contribution in [1.82, 2.24) is 9.29 Å². The van der Waals surface area contributed by atoms with Crippen molar-refractivity contribution in [3.8, 4) is 11.1 Å². The summed E-state index contributed by atoms with van der Waals surface area (Å²) in [6.07, 6.45) is 4.35. The second-order valence-electron chi connectivity index (χ2n) is 5.73. The van der Waals surface area contributed by atoms with Crippen molar-refractivity contribution in [1.29, 1.82) is 0 Å². The predicted molar refractivity (Wildman–Crippen MR) is 89.2 cm³/mol. The molecule has 0 bridgehead atoms. The van der Waals surface area contributed by atoms with Gasteiger partial charge in [-0.1, -0.05) is 24.6 Å². The van der Waals surface area contributed by atoms with E-state index in [1.54, 1.807) is 30.3 Å². The largest absolute Gasteiger partial charge is 0.477 e. The van der Waals surface area contributed by atoms with Crippen molar-refractivity contribution in [3.63, 3.8) is 0 Å². The number of aromatic nitrogens is 1. The summed E-state index contributed by atoms with van der Waals surface area (Å²) in [5.74, 6) is -1.08. The Kier molecular flexibility index (Phi) is 4.64. The summed E-state index contributed by atoms with van der Waals surface area (Å²) in [7, 11) is -3.44. The first-order valence-corrected chi connectivity index (χ1v) is 9.22. The number of carbonyl (C=O) groups is 1. The van der Waals surface area contributed by atoms with E-state index in [1.165, 1.54) is 16.6 Å². The van der Waals surface area contributed by atoms with Gasteiger partial charge in [0.25, 0.3) is 0 Å². The monoisotopic (exact) mass is 346 g/mol. The second kappa shape index (κ2) is 6.70. The SMILES string of the molecule is O=C(O)c1ccc(-c2ccc(S(=O)(=O)N3CCCCC3)cc2)cn1. The molecule has 0 unspecified atom stereocenters. The first-order chi connectivity index (χ1) is 11.5. The van der Waals surface area contributed by atoms with E-state index >= 15 is 0 Å². The van der Waals surface area contributed by atoms with Crippen LogP contribution < -0.4 is 0 Å². The molecule has 0 amide bonds. The number of pyridine rings is 1. The minimum absolute atomic E-state index is 0.0250. The molecule has 1 aromatic heterocycles. The van der Waals surface area contributed by atoms with Gasteiger partial charge in [-0.2, -0.15) is 4.31 Å². The highest BCUT2D eigenvalue weighted by atomic mass is 32.2. The van der Waals surface area contributed by atoms with Crippen LogP contribution in [0.5, 0.6) is 0 Å². The van der Waals surface area contributed by atoms with Crippen LogP contribution in [0.15, 0.2) is 47.5 Å². The van der Waals surface area contributed by atoms with Crippen LogP contribution in [0.1, 0.15) is 29.8 Å². The Balaban J connectivity index is 1.83. The van der Waals surface area contributed by atoms with Crippen molar-refractivity contribution in [2.75, 3.05) is 13.1 Å². The molecule has 1 aliphatic rings. The number of benzene rings is 1. The number of sulfonamides is 1. The lowest BCUT2D eigenvalue weighted by Crippen LogP contribution is -2.35. The summed E-state index contributed by atoms with van der Waals surface area (Å²) in [6, 6.07) is 9.69. The van der Waals surface area contributed by atoms with Crippen LogP contribution in [-0.2, 0) is 10.0 Å². The van der Waals surface area contributed by atoms with E-state index in [0.29, 0.717) is 13.1 Å². The zero-order valence-electron chi connectivity index (χ0n) is 13.1. The fourth-order valence-corrected chi connectivity index (χ4v) is 4.28. The van der Waals surface area contributed by atoms with Crippen LogP contribution in [0.2, 0.25) is 0 Å². The van der Waals surface area contributed by atoms with Crippen LogP contribution in [0.4, 0.5) is 0 Å². The molecule has 6 nitrogen and oxygen atoms in total. The summed E-state index contributed by atoms with van der Waals surface area (Å²) >= 11 is 0. The summed E-state index contributed by atoms with van der Waals surface area (Å²) in [6.45, 7) is 1.15. The summed E-state index contributed by atoms with van der Waals surface area (Å²) in [5, 5.41) is 8.86. The number of aromatic carboxylic acids is 1. The second-order valence-corrected chi connectivity index (χ2v) is 7.66. The molecule has 0 radical (unpaired) electrons. The fourth-order valence-electron chi connectivity index (χ4n) is 2.76. The maximum absolute atomic E-state index is 12.6. The lowest BCUT2D eigenvalue weighted by Gasteiger charge is -2.25. The molecule has 24 heavy (non-hydrogen) atoms. The molecule has 2 heterocycles. The first kappa shape index (κ1) is 16.6. The molecular weight excluding hydrogens is 328 g/mol. The van der Waals surface area contributed by atoms with Gasteiger partial charge in [0.1, 0.15) is 5.69 Å². The van der Waals surface area contributed by atoms with Gasteiger partial charge in [0.2, 0.25) is 10.0 Å². The molecule has 0 saturated carbocycles. The maximum Gasteiger partial charge on any atom is 0.354 e. The van der Waals surface area contributed by atoms with E-state index in [1.807, 2.05) is 0 Å². The molecule has 7 heteroatoms. The molecule has 3 rings (SSSR count). The number of hydrogen-bond donors (Lipinski definition) is 1. The Morgan fingerprint density at radius 3 is 2.12 bits per heavy atom. The van der Waals surface area contributed by atoms with E-state index in [-0.39, 0.29) is 10.6 Å². The van der Waals surface area contributed by atoms with Crippen molar-refractivity contribution >= 4 is 16.0 Å². The molecule has 126 valence electrons. The van der Waals surface area contributed by atoms with Gasteiger partial charge in [-0.25, -0.2) is 18.2 Å². The van der Waals surface area contributed by atoms with Gasteiger partial charge in [0.05, 0.1) is 4.90 Å². The number of rotatable bonds is 4. The Labute approximate surface area is 140 Å². The summed E-state index contributed by atoms with van der Waals surface area (Å²) < 4.78 is 26.7. The van der Waals surface area contributed by atoms with Crippen LogP contribution in [0.25, 0.3) is 11.1 Å². The van der Waals surface area contributed by atoms with Crippen molar-refractivity contribution in [2.45, 2.75) is 24.2 Å². The van der Waals surface area contributed by atoms with E-state index in [0.717, 1.165) is 30.4 Å². The van der Waals surface area contributed by atoms with Crippen molar-refractivity contribution < 1.29 is 18.3 Å². The lowest BCUT2D eigenvalue weighted by molar-refractivity contribution is 0.0690. The quantitative estimate of drug-likeness (QED) is 0.919. The van der Waals surface area contributed by atoms with Crippen LogP contribution >= 0.6 is 0 Å². The highest BCUT2D eigenvalue weighted by Gasteiger charge is 2.25. The minimum atomic E-state index is -3.44. The molecule has 1 fully saturated rings. The van der Waals surface area contributed by atoms with Gasteiger partial charge in [0.15, 0.2) is 0 Å². The molecule has 2 aromatic rings. The van der Waals surface area contributed by atoms with Crippen LogP contribution in [0, 0.1) is 0 Å². The summed E-state index contributed by atoms with van der Waals surface area (Å²) in [5.41, 5.74) is 1.50. The van der Waals surface area contributed by atoms with Gasteiger partial charge < -0.3 is 5.11 Å². The van der Waals surface area contributed by atoms with Gasteiger partial charge in [-0.15, -0.1) is 0 Å². The highest BCUT2D eigenvalue weighted by molar-refractivity contribution is 7.89. The van der Waals surface area contributed by atoms with Crippen molar-refractivity contribution in [3.05, 3.63) is 48.3 Å². The minimum Gasteiger partial charge on any atom is -0.477 e. The normalized spacial score (nSPS) is 16.0. The molecule has 0 spiro atoms. The smallest absolute Gasteiger partial charge is 0.354 e. The Hall–Kier alpha value is -2.25. The third kappa shape index (κ3) is 3.32. The average Bonchev–Trinajstić information content (AvgIpc) is 2.62. The molecule has 1 saturated heterocycles. The van der Waals surface area contributed by atoms with E-state index in [2.05, 4.69) is 4.98 Å². The van der Waals surface area contributed by atoms with Crippen molar-refractivity contribution in [2.24, 2.45) is 0 Å². The van der Waals surface area contributed by atoms with E-state index in [9.17, 15) is 13.2 Å². The fraction of sp³-hybridized carbons (Fsp3) is 0.294. The molecular formula is C17H18N2O4S. The number of carboxylic acids is 1. The maximum atomic E-state index is 12.6. The topological polar surface area (TPSA) is 87.6 Å². The van der Waals surface area contributed by atoms with E-state index < -0.39 is 16.0 Å². The number of piperidine rings is 1. The zero-order valence-corrected chi connectivity index (χ0v) is 13.9. The first-order valence-electron chi connectivity index (χ1n) is 7.78.